The van der Waals surface area contributed by atoms with Crippen LogP contribution >= 0.6 is 11.3 Å². The van der Waals surface area contributed by atoms with Crippen molar-refractivity contribution < 1.29 is 0 Å². The van der Waals surface area contributed by atoms with Crippen LogP contribution in [0.15, 0.2) is 59.4 Å². The minimum Gasteiger partial charge on any atom is -0.266 e. The van der Waals surface area contributed by atoms with Gasteiger partial charge < -0.3 is 0 Å². The van der Waals surface area contributed by atoms with E-state index in [4.69, 9.17) is 4.98 Å². The lowest BCUT2D eigenvalue weighted by atomic mass is 10.1. The van der Waals surface area contributed by atoms with Crippen LogP contribution in [-0.2, 0) is 0 Å². The van der Waals surface area contributed by atoms with E-state index in [9.17, 15) is 4.79 Å². The maximum absolute atomic E-state index is 12.9. The Morgan fingerprint density at radius 2 is 1.76 bits per heavy atom. The summed E-state index contributed by atoms with van der Waals surface area (Å²) in [7, 11) is 0. The van der Waals surface area contributed by atoms with E-state index >= 15 is 0 Å². The Morgan fingerprint density at radius 1 is 1.00 bits per heavy atom. The third kappa shape index (κ3) is 2.01. The number of para-hydroxylation sites is 2. The summed E-state index contributed by atoms with van der Waals surface area (Å²) in [5.41, 5.74) is 3.18. The zero-order valence-electron chi connectivity index (χ0n) is 13.3. The molecule has 3 aromatic heterocycles. The number of fused-ring (bicyclic) bond motifs is 4. The van der Waals surface area contributed by atoms with Crippen molar-refractivity contribution in [3.8, 4) is 5.69 Å². The molecule has 5 nitrogen and oxygen atoms in total. The largest absolute Gasteiger partial charge is 0.292 e. The van der Waals surface area contributed by atoms with Crippen LogP contribution in [0.1, 0.15) is 5.56 Å². The number of aromatic nitrogens is 4. The molecule has 0 spiro atoms. The van der Waals surface area contributed by atoms with Crippen LogP contribution in [0.4, 0.5) is 0 Å². The summed E-state index contributed by atoms with van der Waals surface area (Å²) in [4.78, 5) is 18.5. The average Bonchev–Trinajstić information content (AvgIpc) is 3.02. The third-order valence-electron chi connectivity index (χ3n) is 4.39. The molecule has 0 bridgehead atoms. The second kappa shape index (κ2) is 5.19. The van der Waals surface area contributed by atoms with E-state index in [0.717, 1.165) is 26.7 Å². The SMILES string of the molecule is Cc1c2ccccc2nc2sc3c(=O)n(-c4ccccc4)nnc3c12. The summed E-state index contributed by atoms with van der Waals surface area (Å²) in [5, 5.41) is 10.5. The fourth-order valence-electron chi connectivity index (χ4n) is 3.16. The van der Waals surface area contributed by atoms with Crippen molar-refractivity contribution in [2.75, 3.05) is 0 Å². The Bertz CT molecular complexity index is 1320. The summed E-state index contributed by atoms with van der Waals surface area (Å²) < 4.78 is 1.92. The lowest BCUT2D eigenvalue weighted by Gasteiger charge is -2.04. The Labute approximate surface area is 146 Å². The molecule has 0 saturated carbocycles. The van der Waals surface area contributed by atoms with E-state index in [1.54, 1.807) is 0 Å². The first kappa shape index (κ1) is 14.2. The second-order valence-corrected chi connectivity index (χ2v) is 6.85. The normalized spacial score (nSPS) is 11.6. The highest BCUT2D eigenvalue weighted by Gasteiger charge is 2.17. The third-order valence-corrected chi connectivity index (χ3v) is 5.45. The van der Waals surface area contributed by atoms with E-state index < -0.39 is 0 Å². The Kier molecular flexibility index (Phi) is 2.96. The molecule has 0 aliphatic carbocycles. The molecule has 25 heavy (non-hydrogen) atoms. The first-order valence-corrected chi connectivity index (χ1v) is 8.68. The maximum Gasteiger partial charge on any atom is 0.292 e. The molecule has 120 valence electrons. The van der Waals surface area contributed by atoms with Gasteiger partial charge in [-0.1, -0.05) is 41.6 Å². The first-order valence-electron chi connectivity index (χ1n) is 7.87. The predicted octanol–water partition coefficient (Wildman–Crippen LogP) is 3.85. The second-order valence-electron chi connectivity index (χ2n) is 5.86. The number of aryl methyl sites for hydroxylation is 1. The molecule has 3 heterocycles. The van der Waals surface area contributed by atoms with Crippen molar-refractivity contribution in [1.29, 1.82) is 0 Å². The number of thiophene rings is 1. The van der Waals surface area contributed by atoms with Crippen LogP contribution in [0.25, 0.3) is 37.0 Å². The number of hydrogen-bond acceptors (Lipinski definition) is 5. The highest BCUT2D eigenvalue weighted by atomic mass is 32.1. The molecule has 0 fully saturated rings. The number of pyridine rings is 1. The van der Waals surface area contributed by atoms with E-state index in [-0.39, 0.29) is 5.56 Å². The fraction of sp³-hybridized carbons (Fsp3) is 0.0526. The van der Waals surface area contributed by atoms with Gasteiger partial charge in [0.1, 0.15) is 15.0 Å². The highest BCUT2D eigenvalue weighted by molar-refractivity contribution is 7.25. The molecule has 6 heteroatoms. The van der Waals surface area contributed by atoms with E-state index in [1.807, 2.05) is 61.5 Å². The van der Waals surface area contributed by atoms with E-state index in [1.165, 1.54) is 16.0 Å². The molecule has 5 aromatic rings. The van der Waals surface area contributed by atoms with Crippen LogP contribution in [0.3, 0.4) is 0 Å². The molecule has 5 rings (SSSR count). The van der Waals surface area contributed by atoms with Crippen LogP contribution in [0, 0.1) is 6.92 Å². The Balaban J connectivity index is 1.91. The molecule has 0 saturated heterocycles. The first-order chi connectivity index (χ1) is 12.2. The zero-order valence-corrected chi connectivity index (χ0v) is 14.1. The minimum absolute atomic E-state index is 0.164. The van der Waals surface area contributed by atoms with Gasteiger partial charge in [0.15, 0.2) is 0 Å². The van der Waals surface area contributed by atoms with Crippen molar-refractivity contribution in [3.63, 3.8) is 0 Å². The van der Waals surface area contributed by atoms with Crippen molar-refractivity contribution in [1.82, 2.24) is 20.0 Å². The van der Waals surface area contributed by atoms with Gasteiger partial charge in [-0.2, -0.15) is 4.68 Å². The summed E-state index contributed by atoms with van der Waals surface area (Å²) >= 11 is 1.38. The fourth-order valence-corrected chi connectivity index (χ4v) is 4.27. The predicted molar refractivity (Wildman–Crippen MR) is 101 cm³/mol. The Morgan fingerprint density at radius 3 is 2.60 bits per heavy atom. The van der Waals surface area contributed by atoms with Gasteiger partial charge in [-0.25, -0.2) is 4.98 Å². The lowest BCUT2D eigenvalue weighted by Crippen LogP contribution is -2.21. The highest BCUT2D eigenvalue weighted by Crippen LogP contribution is 2.34. The average molecular weight is 344 g/mol. The molecule has 0 atom stereocenters. The molecular weight excluding hydrogens is 332 g/mol. The van der Waals surface area contributed by atoms with Gasteiger partial charge in [0, 0.05) is 10.8 Å². The van der Waals surface area contributed by atoms with E-state index in [0.29, 0.717) is 15.9 Å². The number of benzene rings is 2. The molecule has 0 radical (unpaired) electrons. The topological polar surface area (TPSA) is 60.7 Å². The van der Waals surface area contributed by atoms with Crippen molar-refractivity contribution in [3.05, 3.63) is 70.5 Å². The van der Waals surface area contributed by atoms with Gasteiger partial charge in [0.25, 0.3) is 5.56 Å². The van der Waals surface area contributed by atoms with Crippen LogP contribution in [0.2, 0.25) is 0 Å². The molecule has 0 N–H and O–H groups in total. The van der Waals surface area contributed by atoms with Gasteiger partial charge in [-0.05, 0) is 30.7 Å². The van der Waals surface area contributed by atoms with E-state index in [2.05, 4.69) is 10.3 Å². The number of hydrogen-bond donors (Lipinski definition) is 0. The van der Waals surface area contributed by atoms with Crippen molar-refractivity contribution in [2.24, 2.45) is 0 Å². The summed E-state index contributed by atoms with van der Waals surface area (Å²) in [6.07, 6.45) is 0. The quantitative estimate of drug-likeness (QED) is 0.463. The van der Waals surface area contributed by atoms with Crippen LogP contribution in [0.5, 0.6) is 0 Å². The van der Waals surface area contributed by atoms with Gasteiger partial charge >= 0.3 is 0 Å². The standard InChI is InChI=1S/C19H12N4OS/c1-11-13-9-5-6-10-14(13)20-18-15(11)16-17(25-18)19(24)23(22-21-16)12-7-3-2-4-8-12/h2-10H,1H3. The summed E-state index contributed by atoms with van der Waals surface area (Å²) in [5.74, 6) is 0. The number of rotatable bonds is 1. The molecule has 0 unspecified atom stereocenters. The molecule has 2 aromatic carbocycles. The van der Waals surface area contributed by atoms with Gasteiger partial charge in [-0.15, -0.1) is 16.4 Å². The molecule has 0 aliphatic heterocycles. The van der Waals surface area contributed by atoms with Gasteiger partial charge in [-0.3, -0.25) is 4.79 Å². The molecule has 0 amide bonds. The van der Waals surface area contributed by atoms with Crippen molar-refractivity contribution >= 4 is 42.7 Å². The van der Waals surface area contributed by atoms with Crippen molar-refractivity contribution in [2.45, 2.75) is 6.92 Å². The summed E-state index contributed by atoms with van der Waals surface area (Å²) in [6, 6.07) is 17.3. The Hall–Kier alpha value is -3.12. The molecular formula is C19H12N4OS. The monoisotopic (exact) mass is 344 g/mol. The molecule has 0 aliphatic rings. The minimum atomic E-state index is -0.164. The lowest BCUT2D eigenvalue weighted by molar-refractivity contribution is 0.740. The van der Waals surface area contributed by atoms with Crippen LogP contribution in [-0.4, -0.2) is 20.0 Å². The van der Waals surface area contributed by atoms with Crippen LogP contribution < -0.4 is 5.56 Å². The summed E-state index contributed by atoms with van der Waals surface area (Å²) in [6.45, 7) is 2.04. The van der Waals surface area contributed by atoms with Gasteiger partial charge in [0.2, 0.25) is 0 Å². The maximum atomic E-state index is 12.9. The smallest absolute Gasteiger partial charge is 0.266 e. The zero-order chi connectivity index (χ0) is 17.0. The number of nitrogens with zero attached hydrogens (tertiary/aromatic N) is 4. The van der Waals surface area contributed by atoms with Gasteiger partial charge in [0.05, 0.1) is 11.2 Å².